The molecule has 0 fully saturated rings. The van der Waals surface area contributed by atoms with E-state index >= 15 is 0 Å². The minimum Gasteiger partial charge on any atom is -0.384 e. The average molecular weight is 274 g/mol. The maximum atomic E-state index is 11.5. The number of allylic oxidation sites excluding steroid dienone is 1. The van der Waals surface area contributed by atoms with Crippen molar-refractivity contribution in [2.75, 3.05) is 17.2 Å². The average Bonchev–Trinajstić information content (AvgIpc) is 2.39. The molecule has 0 aliphatic carbocycles. The number of rotatable bonds is 7. The van der Waals surface area contributed by atoms with Gasteiger partial charge in [0.2, 0.25) is 5.91 Å². The molecule has 0 unspecified atom stereocenters. The molecule has 0 heterocycles. The molecule has 0 bridgehead atoms. The van der Waals surface area contributed by atoms with Crippen LogP contribution in [-0.2, 0) is 16.0 Å². The van der Waals surface area contributed by atoms with Gasteiger partial charge < -0.3 is 10.6 Å². The predicted octanol–water partition coefficient (Wildman–Crippen LogP) is 3.15. The number of benzene rings is 1. The summed E-state index contributed by atoms with van der Waals surface area (Å²) in [6, 6.07) is 5.73. The lowest BCUT2D eigenvalue weighted by Gasteiger charge is -2.13. The first-order valence-corrected chi connectivity index (χ1v) is 6.77. The van der Waals surface area contributed by atoms with Crippen molar-refractivity contribution < 1.29 is 9.59 Å². The number of carbonyl (C=O) groups excluding carboxylic acids is 2. The minimum atomic E-state index is -0.0835. The van der Waals surface area contributed by atoms with Crippen LogP contribution in [0.1, 0.15) is 32.8 Å². The first kappa shape index (κ1) is 16.0. The predicted molar refractivity (Wildman–Crippen MR) is 83.1 cm³/mol. The first-order valence-electron chi connectivity index (χ1n) is 6.77. The second kappa shape index (κ2) is 7.48. The van der Waals surface area contributed by atoms with Crippen LogP contribution in [0.3, 0.4) is 0 Å². The van der Waals surface area contributed by atoms with Crippen molar-refractivity contribution in [3.05, 3.63) is 35.9 Å². The lowest BCUT2D eigenvalue weighted by atomic mass is 10.1. The van der Waals surface area contributed by atoms with E-state index in [1.54, 1.807) is 6.92 Å². The molecule has 0 saturated carbocycles. The Labute approximate surface area is 120 Å². The number of carbonyl (C=O) groups is 2. The highest BCUT2D eigenvalue weighted by Crippen LogP contribution is 2.21. The van der Waals surface area contributed by atoms with Crippen molar-refractivity contribution in [2.24, 2.45) is 0 Å². The second-order valence-corrected chi connectivity index (χ2v) is 4.79. The molecule has 1 rings (SSSR count). The fourth-order valence-corrected chi connectivity index (χ4v) is 1.86. The van der Waals surface area contributed by atoms with Gasteiger partial charge in [-0.2, -0.15) is 0 Å². The molecule has 0 aliphatic rings. The minimum absolute atomic E-state index is 0.0745. The summed E-state index contributed by atoms with van der Waals surface area (Å²) >= 11 is 0. The van der Waals surface area contributed by atoms with Gasteiger partial charge in [-0.3, -0.25) is 9.59 Å². The summed E-state index contributed by atoms with van der Waals surface area (Å²) < 4.78 is 0. The van der Waals surface area contributed by atoms with Crippen LogP contribution < -0.4 is 10.6 Å². The van der Waals surface area contributed by atoms with Crippen LogP contribution in [0, 0.1) is 0 Å². The monoisotopic (exact) mass is 274 g/mol. The molecular weight excluding hydrogens is 252 g/mol. The van der Waals surface area contributed by atoms with Gasteiger partial charge >= 0.3 is 0 Å². The van der Waals surface area contributed by atoms with E-state index in [0.29, 0.717) is 18.5 Å². The Hall–Kier alpha value is -2.10. The normalized spacial score (nSPS) is 9.95. The second-order valence-electron chi connectivity index (χ2n) is 4.79. The smallest absolute Gasteiger partial charge is 0.221 e. The Morgan fingerprint density at radius 2 is 1.95 bits per heavy atom. The summed E-state index contributed by atoms with van der Waals surface area (Å²) in [7, 11) is 0. The highest BCUT2D eigenvalue weighted by Gasteiger charge is 2.05. The molecule has 0 spiro atoms. The Morgan fingerprint density at radius 1 is 1.25 bits per heavy atom. The van der Waals surface area contributed by atoms with E-state index in [1.807, 2.05) is 18.2 Å². The molecule has 20 heavy (non-hydrogen) atoms. The van der Waals surface area contributed by atoms with Crippen LogP contribution >= 0.6 is 0 Å². The Bertz CT molecular complexity index is 521. The highest BCUT2D eigenvalue weighted by atomic mass is 16.1. The molecule has 108 valence electrons. The largest absolute Gasteiger partial charge is 0.384 e. The molecular formula is C16H22N2O2. The number of amides is 1. The number of hydrogen-bond donors (Lipinski definition) is 2. The number of nitrogens with one attached hydrogen (secondary N) is 2. The SMILES string of the molecule is C=C(C)C(=O)CCNc1ccc(NC(C)=O)cc1CC. The van der Waals surface area contributed by atoms with E-state index in [2.05, 4.69) is 24.1 Å². The summed E-state index contributed by atoms with van der Waals surface area (Å²) in [4.78, 5) is 22.5. The van der Waals surface area contributed by atoms with Gasteiger partial charge in [-0.15, -0.1) is 0 Å². The number of Topliss-reactive ketones (excluding diaryl/α,β-unsaturated/α-hetero) is 1. The number of aryl methyl sites for hydroxylation is 1. The zero-order chi connectivity index (χ0) is 15.1. The van der Waals surface area contributed by atoms with Crippen LogP contribution in [0.4, 0.5) is 11.4 Å². The quantitative estimate of drug-likeness (QED) is 0.751. The molecule has 1 aromatic carbocycles. The third-order valence-corrected chi connectivity index (χ3v) is 2.95. The molecule has 4 nitrogen and oxygen atoms in total. The molecule has 2 N–H and O–H groups in total. The van der Waals surface area contributed by atoms with Crippen LogP contribution in [0.25, 0.3) is 0 Å². The van der Waals surface area contributed by atoms with Crippen molar-refractivity contribution in [1.29, 1.82) is 0 Å². The standard InChI is InChI=1S/C16H22N2O2/c1-5-13-10-14(18-12(4)19)6-7-15(13)17-9-8-16(20)11(2)3/h6-7,10,17H,2,5,8-9H2,1,3-4H3,(H,18,19). The van der Waals surface area contributed by atoms with Crippen LogP contribution in [0.2, 0.25) is 0 Å². The van der Waals surface area contributed by atoms with Gasteiger partial charge in [0.15, 0.2) is 5.78 Å². The summed E-state index contributed by atoms with van der Waals surface area (Å²) in [5.74, 6) is -0.00904. The lowest BCUT2D eigenvalue weighted by Crippen LogP contribution is -2.11. The van der Waals surface area contributed by atoms with Crippen LogP contribution in [-0.4, -0.2) is 18.2 Å². The molecule has 0 saturated heterocycles. The summed E-state index contributed by atoms with van der Waals surface area (Å²) in [6.07, 6.45) is 1.29. The van der Waals surface area contributed by atoms with Gasteiger partial charge in [-0.05, 0) is 42.7 Å². The van der Waals surface area contributed by atoms with Crippen molar-refractivity contribution in [3.63, 3.8) is 0 Å². The van der Waals surface area contributed by atoms with Gasteiger partial charge in [-0.1, -0.05) is 13.5 Å². The molecule has 0 aromatic heterocycles. The fraction of sp³-hybridized carbons (Fsp3) is 0.375. The summed E-state index contributed by atoms with van der Waals surface area (Å²) in [6.45, 7) is 9.48. The van der Waals surface area contributed by atoms with Gasteiger partial charge in [0, 0.05) is 31.3 Å². The van der Waals surface area contributed by atoms with E-state index in [4.69, 9.17) is 0 Å². The molecule has 4 heteroatoms. The zero-order valence-electron chi connectivity index (χ0n) is 12.4. The first-order chi connectivity index (χ1) is 9.43. The molecule has 0 radical (unpaired) electrons. The van der Waals surface area contributed by atoms with E-state index in [-0.39, 0.29) is 11.7 Å². The van der Waals surface area contributed by atoms with Crippen molar-refractivity contribution in [1.82, 2.24) is 0 Å². The van der Waals surface area contributed by atoms with Crippen molar-refractivity contribution >= 4 is 23.1 Å². The lowest BCUT2D eigenvalue weighted by molar-refractivity contribution is -0.115. The van der Waals surface area contributed by atoms with Gasteiger partial charge in [0.25, 0.3) is 0 Å². The molecule has 1 aromatic rings. The Kier molecular flexibility index (Phi) is 5.97. The third-order valence-electron chi connectivity index (χ3n) is 2.95. The maximum absolute atomic E-state index is 11.5. The topological polar surface area (TPSA) is 58.2 Å². The maximum Gasteiger partial charge on any atom is 0.221 e. The van der Waals surface area contributed by atoms with Crippen molar-refractivity contribution in [2.45, 2.75) is 33.6 Å². The highest BCUT2D eigenvalue weighted by molar-refractivity contribution is 5.94. The zero-order valence-corrected chi connectivity index (χ0v) is 12.4. The van der Waals surface area contributed by atoms with Gasteiger partial charge in [0.1, 0.15) is 0 Å². The fourth-order valence-electron chi connectivity index (χ4n) is 1.86. The Balaban J connectivity index is 2.68. The Morgan fingerprint density at radius 3 is 2.50 bits per heavy atom. The van der Waals surface area contributed by atoms with E-state index in [1.165, 1.54) is 6.92 Å². The van der Waals surface area contributed by atoms with E-state index < -0.39 is 0 Å². The number of hydrogen-bond acceptors (Lipinski definition) is 3. The van der Waals surface area contributed by atoms with Crippen LogP contribution in [0.15, 0.2) is 30.4 Å². The van der Waals surface area contributed by atoms with Crippen LogP contribution in [0.5, 0.6) is 0 Å². The van der Waals surface area contributed by atoms with Gasteiger partial charge in [-0.25, -0.2) is 0 Å². The van der Waals surface area contributed by atoms with Crippen molar-refractivity contribution in [3.8, 4) is 0 Å². The molecule has 0 aliphatic heterocycles. The molecule has 1 amide bonds. The molecule has 0 atom stereocenters. The number of anilines is 2. The van der Waals surface area contributed by atoms with Gasteiger partial charge in [0.05, 0.1) is 0 Å². The van der Waals surface area contributed by atoms with E-state index in [9.17, 15) is 9.59 Å². The summed E-state index contributed by atoms with van der Waals surface area (Å²) in [5, 5.41) is 6.02. The van der Waals surface area contributed by atoms with E-state index in [0.717, 1.165) is 23.4 Å². The number of ketones is 1. The summed E-state index contributed by atoms with van der Waals surface area (Å²) in [5.41, 5.74) is 3.48. The third kappa shape index (κ3) is 4.88.